The molecule has 0 radical (unpaired) electrons. The minimum absolute atomic E-state index is 0.309. The van der Waals surface area contributed by atoms with E-state index in [1.165, 1.54) is 18.2 Å². The van der Waals surface area contributed by atoms with E-state index in [9.17, 15) is 4.39 Å². The van der Waals surface area contributed by atoms with Crippen LogP contribution >= 0.6 is 0 Å². The first-order chi connectivity index (χ1) is 14.5. The summed E-state index contributed by atoms with van der Waals surface area (Å²) in [6, 6.07) is 12.0. The van der Waals surface area contributed by atoms with Gasteiger partial charge in [0.1, 0.15) is 11.3 Å². The highest BCUT2D eigenvalue weighted by Gasteiger charge is 2.13. The van der Waals surface area contributed by atoms with Crippen LogP contribution in [0.1, 0.15) is 16.7 Å². The third kappa shape index (κ3) is 3.95. The summed E-state index contributed by atoms with van der Waals surface area (Å²) >= 11 is 0. The molecule has 0 atom stereocenters. The Labute approximate surface area is 172 Å². The van der Waals surface area contributed by atoms with Gasteiger partial charge >= 0.3 is 0 Å². The normalized spacial score (nSPS) is 11.0. The summed E-state index contributed by atoms with van der Waals surface area (Å²) in [6.45, 7) is 3.95. The van der Waals surface area contributed by atoms with E-state index < -0.39 is 0 Å². The summed E-state index contributed by atoms with van der Waals surface area (Å²) in [5.74, 6) is 0.595. The third-order valence-corrected chi connectivity index (χ3v) is 4.53. The molecule has 148 valence electrons. The highest BCUT2D eigenvalue weighted by atomic mass is 19.1. The maximum Gasteiger partial charge on any atom is 0.231 e. The molecule has 0 fully saturated rings. The van der Waals surface area contributed by atoms with Gasteiger partial charge in [-0.1, -0.05) is 0 Å². The summed E-state index contributed by atoms with van der Waals surface area (Å²) in [7, 11) is 0. The number of aromatic nitrogens is 4. The van der Waals surface area contributed by atoms with Crippen molar-refractivity contribution in [3.05, 3.63) is 71.3 Å². The monoisotopic (exact) mass is 399 g/mol. The lowest BCUT2D eigenvalue weighted by Crippen LogP contribution is -2.04. The Morgan fingerprint density at radius 2 is 1.80 bits per heavy atom. The minimum atomic E-state index is -0.309. The maximum atomic E-state index is 13.2. The molecule has 2 aromatic carbocycles. The Hall–Kier alpha value is -4.25. The average Bonchev–Trinajstić information content (AvgIpc) is 3.20. The number of nitriles is 1. The number of allylic oxidation sites excluding steroid dienone is 1. The van der Waals surface area contributed by atoms with Crippen molar-refractivity contribution in [2.75, 3.05) is 10.6 Å². The van der Waals surface area contributed by atoms with E-state index in [-0.39, 0.29) is 5.82 Å². The Bertz CT molecular complexity index is 1260. The second-order valence-electron chi connectivity index (χ2n) is 6.75. The molecule has 0 bridgehead atoms. The number of fused-ring (bicyclic) bond motifs is 1. The fourth-order valence-electron chi connectivity index (χ4n) is 3.19. The van der Waals surface area contributed by atoms with E-state index in [0.29, 0.717) is 28.6 Å². The second-order valence-corrected chi connectivity index (χ2v) is 6.75. The SMILES string of the molecule is Cc1cc(/C=C/C#N)cc(C)c1Nc1nc(Nc2ccc(F)cc2)c2[nH]cnc2n1. The molecule has 0 spiro atoms. The van der Waals surface area contributed by atoms with Gasteiger partial charge < -0.3 is 15.6 Å². The topological polar surface area (TPSA) is 102 Å². The summed E-state index contributed by atoms with van der Waals surface area (Å²) in [5, 5.41) is 15.2. The standard InChI is InChI=1S/C22H18FN7/c1-13-10-15(4-3-9-24)11-14(2)18(13)28-22-29-20-19(25-12-26-20)21(30-22)27-17-7-5-16(23)6-8-17/h3-8,10-12H,1-2H3,(H3,25,26,27,28,29,30)/b4-3+. The van der Waals surface area contributed by atoms with Crippen molar-refractivity contribution >= 4 is 40.4 Å². The van der Waals surface area contributed by atoms with Crippen molar-refractivity contribution in [3.63, 3.8) is 0 Å². The number of aryl methyl sites for hydroxylation is 2. The van der Waals surface area contributed by atoms with Gasteiger partial charge in [-0.25, -0.2) is 9.37 Å². The molecule has 0 saturated heterocycles. The molecular weight excluding hydrogens is 381 g/mol. The zero-order valence-electron chi connectivity index (χ0n) is 16.4. The van der Waals surface area contributed by atoms with Crippen molar-refractivity contribution in [2.45, 2.75) is 13.8 Å². The Morgan fingerprint density at radius 1 is 1.07 bits per heavy atom. The minimum Gasteiger partial charge on any atom is -0.340 e. The summed E-state index contributed by atoms with van der Waals surface area (Å²) in [5.41, 5.74) is 5.65. The first kappa shape index (κ1) is 19.1. The molecule has 2 aromatic heterocycles. The highest BCUT2D eigenvalue weighted by Crippen LogP contribution is 2.28. The number of H-pyrrole nitrogens is 1. The maximum absolute atomic E-state index is 13.2. The van der Waals surface area contributed by atoms with E-state index in [1.807, 2.05) is 32.0 Å². The largest absolute Gasteiger partial charge is 0.340 e. The number of benzene rings is 2. The van der Waals surface area contributed by atoms with E-state index in [0.717, 1.165) is 22.4 Å². The molecule has 3 N–H and O–H groups in total. The van der Waals surface area contributed by atoms with Gasteiger partial charge in [-0.2, -0.15) is 15.2 Å². The number of imidazole rings is 1. The lowest BCUT2D eigenvalue weighted by Gasteiger charge is -2.14. The van der Waals surface area contributed by atoms with Crippen molar-refractivity contribution < 1.29 is 4.39 Å². The molecule has 4 rings (SSSR count). The Balaban J connectivity index is 1.69. The number of anilines is 4. The van der Waals surface area contributed by atoms with Crippen molar-refractivity contribution in [2.24, 2.45) is 0 Å². The first-order valence-electron chi connectivity index (χ1n) is 9.21. The molecule has 0 aliphatic carbocycles. The molecule has 0 saturated carbocycles. The Kier molecular flexibility index (Phi) is 5.09. The van der Waals surface area contributed by atoms with Crippen LogP contribution in [0.4, 0.5) is 27.5 Å². The van der Waals surface area contributed by atoms with Gasteiger partial charge in [-0.05, 0) is 73.0 Å². The number of hydrogen-bond acceptors (Lipinski definition) is 6. The third-order valence-electron chi connectivity index (χ3n) is 4.53. The molecule has 0 aliphatic heterocycles. The van der Waals surface area contributed by atoms with Crippen LogP contribution in [-0.4, -0.2) is 19.9 Å². The first-order valence-corrected chi connectivity index (χ1v) is 9.21. The van der Waals surface area contributed by atoms with Crippen LogP contribution in [0.3, 0.4) is 0 Å². The van der Waals surface area contributed by atoms with Crippen molar-refractivity contribution in [1.82, 2.24) is 19.9 Å². The van der Waals surface area contributed by atoms with Crippen LogP contribution in [0.2, 0.25) is 0 Å². The van der Waals surface area contributed by atoms with Gasteiger partial charge in [0.25, 0.3) is 0 Å². The second kappa shape index (κ2) is 8.01. The van der Waals surface area contributed by atoms with Crippen molar-refractivity contribution in [3.8, 4) is 6.07 Å². The van der Waals surface area contributed by atoms with Crippen LogP contribution in [0.5, 0.6) is 0 Å². The fraction of sp³-hybridized carbons (Fsp3) is 0.0909. The molecule has 0 unspecified atom stereocenters. The van der Waals surface area contributed by atoms with E-state index >= 15 is 0 Å². The molecule has 30 heavy (non-hydrogen) atoms. The average molecular weight is 399 g/mol. The fourth-order valence-corrected chi connectivity index (χ4v) is 3.19. The zero-order valence-corrected chi connectivity index (χ0v) is 16.4. The van der Waals surface area contributed by atoms with Gasteiger partial charge in [0.2, 0.25) is 5.95 Å². The number of hydrogen-bond donors (Lipinski definition) is 3. The van der Waals surface area contributed by atoms with Crippen LogP contribution in [0, 0.1) is 31.0 Å². The van der Waals surface area contributed by atoms with Gasteiger partial charge in [-0.3, -0.25) is 0 Å². The predicted octanol–water partition coefficient (Wildman–Crippen LogP) is 5.13. The van der Waals surface area contributed by atoms with Crippen LogP contribution < -0.4 is 10.6 Å². The highest BCUT2D eigenvalue weighted by molar-refractivity contribution is 5.86. The summed E-state index contributed by atoms with van der Waals surface area (Å²) in [6.07, 6.45) is 4.76. The van der Waals surface area contributed by atoms with E-state index in [2.05, 4.69) is 30.6 Å². The molecule has 2 heterocycles. The molecule has 0 amide bonds. The van der Waals surface area contributed by atoms with Crippen LogP contribution in [0.15, 0.2) is 48.8 Å². The predicted molar refractivity (Wildman–Crippen MR) is 115 cm³/mol. The van der Waals surface area contributed by atoms with Gasteiger partial charge in [0.05, 0.1) is 12.4 Å². The lowest BCUT2D eigenvalue weighted by atomic mass is 10.0. The number of nitrogens with one attached hydrogen (secondary N) is 3. The number of rotatable bonds is 5. The Morgan fingerprint density at radius 3 is 2.50 bits per heavy atom. The number of nitrogens with zero attached hydrogens (tertiary/aromatic N) is 4. The van der Waals surface area contributed by atoms with Crippen LogP contribution in [0.25, 0.3) is 17.2 Å². The number of halogens is 1. The molecule has 0 aliphatic rings. The zero-order chi connectivity index (χ0) is 21.1. The molecular formula is C22H18FN7. The lowest BCUT2D eigenvalue weighted by molar-refractivity contribution is 0.628. The van der Waals surface area contributed by atoms with E-state index in [4.69, 9.17) is 5.26 Å². The molecule has 7 nitrogen and oxygen atoms in total. The van der Waals surface area contributed by atoms with E-state index in [1.54, 1.807) is 24.5 Å². The van der Waals surface area contributed by atoms with Gasteiger partial charge in [0.15, 0.2) is 11.5 Å². The quantitative estimate of drug-likeness (QED) is 0.402. The molecule has 4 aromatic rings. The smallest absolute Gasteiger partial charge is 0.231 e. The van der Waals surface area contributed by atoms with Gasteiger partial charge in [-0.15, -0.1) is 0 Å². The number of aromatic amines is 1. The van der Waals surface area contributed by atoms with Crippen LogP contribution in [-0.2, 0) is 0 Å². The molecule has 8 heteroatoms. The summed E-state index contributed by atoms with van der Waals surface area (Å²) in [4.78, 5) is 16.3. The van der Waals surface area contributed by atoms with Gasteiger partial charge in [0, 0.05) is 17.5 Å². The van der Waals surface area contributed by atoms with Crippen molar-refractivity contribution in [1.29, 1.82) is 5.26 Å². The summed E-state index contributed by atoms with van der Waals surface area (Å²) < 4.78 is 13.2.